The van der Waals surface area contributed by atoms with Crippen molar-refractivity contribution in [1.29, 1.82) is 0 Å². The lowest BCUT2D eigenvalue weighted by molar-refractivity contribution is -0.123. The van der Waals surface area contributed by atoms with E-state index in [9.17, 15) is 4.79 Å². The van der Waals surface area contributed by atoms with E-state index in [1.807, 2.05) is 6.92 Å². The summed E-state index contributed by atoms with van der Waals surface area (Å²) in [5.41, 5.74) is 0. The zero-order chi connectivity index (χ0) is 9.68. The van der Waals surface area contributed by atoms with Crippen LogP contribution in [0.25, 0.3) is 0 Å². The van der Waals surface area contributed by atoms with Crippen molar-refractivity contribution in [2.45, 2.75) is 52.1 Å². The standard InChI is InChI=1S/C11H20O2/c1-3-9(2)11(12)7-6-10-5-4-8-13-10/h9-10H,3-8H2,1-2H3. The van der Waals surface area contributed by atoms with Gasteiger partial charge in [-0.2, -0.15) is 0 Å². The van der Waals surface area contributed by atoms with Crippen molar-refractivity contribution in [1.82, 2.24) is 0 Å². The molecule has 2 nitrogen and oxygen atoms in total. The summed E-state index contributed by atoms with van der Waals surface area (Å²) < 4.78 is 5.46. The van der Waals surface area contributed by atoms with E-state index < -0.39 is 0 Å². The van der Waals surface area contributed by atoms with Crippen molar-refractivity contribution < 1.29 is 9.53 Å². The van der Waals surface area contributed by atoms with E-state index in [2.05, 4.69) is 6.92 Å². The van der Waals surface area contributed by atoms with Crippen LogP contribution in [0.1, 0.15) is 46.0 Å². The maximum absolute atomic E-state index is 11.5. The number of hydrogen-bond donors (Lipinski definition) is 0. The number of ketones is 1. The van der Waals surface area contributed by atoms with Crippen molar-refractivity contribution in [3.8, 4) is 0 Å². The first-order valence-electron chi connectivity index (χ1n) is 5.38. The van der Waals surface area contributed by atoms with Gasteiger partial charge in [-0.15, -0.1) is 0 Å². The Morgan fingerprint density at radius 1 is 1.62 bits per heavy atom. The van der Waals surface area contributed by atoms with Crippen LogP contribution in [-0.2, 0) is 9.53 Å². The second-order valence-corrected chi connectivity index (χ2v) is 3.95. The normalized spacial score (nSPS) is 24.6. The highest BCUT2D eigenvalue weighted by Gasteiger charge is 2.18. The molecule has 0 amide bonds. The predicted octanol–water partition coefficient (Wildman–Crippen LogP) is 2.56. The Labute approximate surface area is 80.7 Å². The van der Waals surface area contributed by atoms with Crippen LogP contribution in [0.5, 0.6) is 0 Å². The minimum Gasteiger partial charge on any atom is -0.378 e. The molecular formula is C11H20O2. The SMILES string of the molecule is CCC(C)C(=O)CCC1CCCO1. The third kappa shape index (κ3) is 3.47. The Morgan fingerprint density at radius 2 is 2.38 bits per heavy atom. The van der Waals surface area contributed by atoms with Gasteiger partial charge in [-0.1, -0.05) is 13.8 Å². The zero-order valence-electron chi connectivity index (χ0n) is 8.71. The summed E-state index contributed by atoms with van der Waals surface area (Å²) in [6, 6.07) is 0. The lowest BCUT2D eigenvalue weighted by Gasteiger charge is -2.10. The number of rotatable bonds is 5. The van der Waals surface area contributed by atoms with E-state index in [4.69, 9.17) is 4.74 Å². The van der Waals surface area contributed by atoms with Gasteiger partial charge < -0.3 is 4.74 Å². The lowest BCUT2D eigenvalue weighted by Crippen LogP contribution is -2.13. The molecule has 2 atom stereocenters. The van der Waals surface area contributed by atoms with E-state index in [1.54, 1.807) is 0 Å². The summed E-state index contributed by atoms with van der Waals surface area (Å²) in [6.45, 7) is 4.97. The first-order chi connectivity index (χ1) is 6.24. The number of hydrogen-bond acceptors (Lipinski definition) is 2. The topological polar surface area (TPSA) is 26.3 Å². The Hall–Kier alpha value is -0.370. The van der Waals surface area contributed by atoms with Crippen LogP contribution in [0.4, 0.5) is 0 Å². The smallest absolute Gasteiger partial charge is 0.135 e. The van der Waals surface area contributed by atoms with Gasteiger partial charge in [0.15, 0.2) is 0 Å². The fourth-order valence-electron chi connectivity index (χ4n) is 1.65. The molecule has 0 saturated carbocycles. The Bertz CT molecular complexity index is 159. The number of ether oxygens (including phenoxy) is 1. The van der Waals surface area contributed by atoms with Crippen LogP contribution in [0.15, 0.2) is 0 Å². The van der Waals surface area contributed by atoms with Gasteiger partial charge in [-0.05, 0) is 25.7 Å². The van der Waals surface area contributed by atoms with Gasteiger partial charge in [0.2, 0.25) is 0 Å². The monoisotopic (exact) mass is 184 g/mol. The van der Waals surface area contributed by atoms with Crippen LogP contribution < -0.4 is 0 Å². The molecule has 2 unspecified atom stereocenters. The molecule has 1 aliphatic rings. The first-order valence-corrected chi connectivity index (χ1v) is 5.38. The largest absolute Gasteiger partial charge is 0.378 e. The molecule has 0 bridgehead atoms. The minimum atomic E-state index is 0.237. The molecule has 0 aliphatic carbocycles. The lowest BCUT2D eigenvalue weighted by atomic mass is 9.98. The molecule has 76 valence electrons. The number of carbonyl (C=O) groups is 1. The molecular weight excluding hydrogens is 164 g/mol. The molecule has 1 saturated heterocycles. The van der Waals surface area contributed by atoms with Crippen molar-refractivity contribution in [3.05, 3.63) is 0 Å². The Morgan fingerprint density at radius 3 is 2.92 bits per heavy atom. The fourth-order valence-corrected chi connectivity index (χ4v) is 1.65. The quantitative estimate of drug-likeness (QED) is 0.656. The molecule has 1 rings (SSSR count). The maximum atomic E-state index is 11.5. The van der Waals surface area contributed by atoms with Gasteiger partial charge in [0.25, 0.3) is 0 Å². The molecule has 0 radical (unpaired) electrons. The van der Waals surface area contributed by atoms with Crippen LogP contribution in [0, 0.1) is 5.92 Å². The van der Waals surface area contributed by atoms with E-state index in [-0.39, 0.29) is 5.92 Å². The van der Waals surface area contributed by atoms with Crippen molar-refractivity contribution in [2.24, 2.45) is 5.92 Å². The second kappa shape index (κ2) is 5.38. The summed E-state index contributed by atoms with van der Waals surface area (Å²) >= 11 is 0. The molecule has 0 aromatic heterocycles. The molecule has 1 heterocycles. The number of Topliss-reactive ketones (excluding diaryl/α,β-unsaturated/α-hetero) is 1. The van der Waals surface area contributed by atoms with Crippen LogP contribution in [-0.4, -0.2) is 18.5 Å². The zero-order valence-corrected chi connectivity index (χ0v) is 8.71. The molecule has 0 aromatic rings. The molecule has 1 fully saturated rings. The highest BCUT2D eigenvalue weighted by Crippen LogP contribution is 2.18. The van der Waals surface area contributed by atoms with E-state index in [0.717, 1.165) is 25.9 Å². The minimum absolute atomic E-state index is 0.237. The highest BCUT2D eigenvalue weighted by molar-refractivity contribution is 5.80. The van der Waals surface area contributed by atoms with Crippen LogP contribution in [0.3, 0.4) is 0 Å². The van der Waals surface area contributed by atoms with E-state index >= 15 is 0 Å². The second-order valence-electron chi connectivity index (χ2n) is 3.95. The molecule has 2 heteroatoms. The fraction of sp³-hybridized carbons (Fsp3) is 0.909. The molecule has 1 aliphatic heterocycles. The average Bonchev–Trinajstić information content (AvgIpc) is 2.65. The third-order valence-corrected chi connectivity index (χ3v) is 2.90. The summed E-state index contributed by atoms with van der Waals surface area (Å²) in [5, 5.41) is 0. The van der Waals surface area contributed by atoms with Crippen LogP contribution in [0.2, 0.25) is 0 Å². The average molecular weight is 184 g/mol. The predicted molar refractivity (Wildman–Crippen MR) is 52.7 cm³/mol. The van der Waals surface area contributed by atoms with Gasteiger partial charge in [-0.3, -0.25) is 4.79 Å². The van der Waals surface area contributed by atoms with E-state index in [0.29, 0.717) is 18.3 Å². The van der Waals surface area contributed by atoms with Gasteiger partial charge in [0.05, 0.1) is 6.10 Å². The van der Waals surface area contributed by atoms with Crippen molar-refractivity contribution in [3.63, 3.8) is 0 Å². The molecule has 13 heavy (non-hydrogen) atoms. The van der Waals surface area contributed by atoms with Gasteiger partial charge in [0.1, 0.15) is 5.78 Å². The third-order valence-electron chi connectivity index (χ3n) is 2.90. The van der Waals surface area contributed by atoms with Gasteiger partial charge in [-0.25, -0.2) is 0 Å². The molecule has 0 N–H and O–H groups in total. The Balaban J connectivity index is 2.13. The molecule has 0 spiro atoms. The van der Waals surface area contributed by atoms with E-state index in [1.165, 1.54) is 6.42 Å². The van der Waals surface area contributed by atoms with Crippen molar-refractivity contribution >= 4 is 5.78 Å². The molecule has 0 aromatic carbocycles. The maximum Gasteiger partial charge on any atom is 0.135 e. The highest BCUT2D eigenvalue weighted by atomic mass is 16.5. The summed E-state index contributed by atoms with van der Waals surface area (Å²) in [4.78, 5) is 11.5. The number of carbonyl (C=O) groups excluding carboxylic acids is 1. The van der Waals surface area contributed by atoms with Crippen molar-refractivity contribution in [2.75, 3.05) is 6.61 Å². The Kier molecular flexibility index (Phi) is 4.43. The first kappa shape index (κ1) is 10.7. The van der Waals surface area contributed by atoms with Gasteiger partial charge >= 0.3 is 0 Å². The summed E-state index contributed by atoms with van der Waals surface area (Å²) in [6.07, 6.45) is 5.29. The van der Waals surface area contributed by atoms with Gasteiger partial charge in [0, 0.05) is 18.9 Å². The van der Waals surface area contributed by atoms with Crippen LogP contribution >= 0.6 is 0 Å². The summed E-state index contributed by atoms with van der Waals surface area (Å²) in [5.74, 6) is 0.638. The summed E-state index contributed by atoms with van der Waals surface area (Å²) in [7, 11) is 0.